The fourth-order valence-corrected chi connectivity index (χ4v) is 1.68. The molecule has 1 aromatic rings. The summed E-state index contributed by atoms with van der Waals surface area (Å²) in [6, 6.07) is 8.61. The molecule has 84 valence electrons. The van der Waals surface area contributed by atoms with Crippen LogP contribution in [0.2, 0.25) is 0 Å². The fourth-order valence-electron chi connectivity index (χ4n) is 1.68. The van der Waals surface area contributed by atoms with Gasteiger partial charge in [-0.3, -0.25) is 15.2 Å². The van der Waals surface area contributed by atoms with Crippen LogP contribution in [0.1, 0.15) is 6.42 Å². The highest BCUT2D eigenvalue weighted by Crippen LogP contribution is 2.20. The molecule has 1 N–H and O–H groups in total. The van der Waals surface area contributed by atoms with Crippen LogP contribution in [0.15, 0.2) is 30.3 Å². The summed E-state index contributed by atoms with van der Waals surface area (Å²) >= 11 is 0. The van der Waals surface area contributed by atoms with Gasteiger partial charge in [0.1, 0.15) is 0 Å². The Morgan fingerprint density at radius 3 is 2.75 bits per heavy atom. The number of rotatable bonds is 2. The number of ether oxygens (including phenoxy) is 1. The molecule has 1 saturated heterocycles. The van der Waals surface area contributed by atoms with Crippen molar-refractivity contribution < 1.29 is 14.3 Å². The Morgan fingerprint density at radius 1 is 1.44 bits per heavy atom. The summed E-state index contributed by atoms with van der Waals surface area (Å²) in [5.41, 5.74) is 3.40. The summed E-state index contributed by atoms with van der Waals surface area (Å²) < 4.78 is 4.66. The highest BCUT2D eigenvalue weighted by atomic mass is 16.5. The number of nitrogens with zero attached hydrogens (tertiary/aromatic N) is 1. The number of carbonyl (C=O) groups excluding carboxylic acids is 2. The van der Waals surface area contributed by atoms with Crippen molar-refractivity contribution in [3.8, 4) is 0 Å². The molecular weight excluding hydrogens is 208 g/mol. The van der Waals surface area contributed by atoms with Crippen LogP contribution in [0, 0.1) is 0 Å². The third kappa shape index (κ3) is 1.84. The lowest BCUT2D eigenvalue weighted by Gasteiger charge is -2.23. The third-order valence-electron chi connectivity index (χ3n) is 2.44. The standard InChI is InChI=1S/C11H12N2O3/c1-16-11(15)9-7-10(14)12-13(9)8-5-3-2-4-6-8/h2-6,9H,7H2,1H3,(H,12,14). The number of esters is 1. The van der Waals surface area contributed by atoms with E-state index in [1.54, 1.807) is 0 Å². The molecule has 5 heteroatoms. The van der Waals surface area contributed by atoms with Gasteiger partial charge in [0.15, 0.2) is 6.04 Å². The topological polar surface area (TPSA) is 58.6 Å². The second-order valence-electron chi connectivity index (χ2n) is 3.48. The van der Waals surface area contributed by atoms with Crippen LogP contribution in [0.5, 0.6) is 0 Å². The smallest absolute Gasteiger partial charge is 0.331 e. The molecule has 2 rings (SSSR count). The molecule has 16 heavy (non-hydrogen) atoms. The van der Waals surface area contributed by atoms with Gasteiger partial charge in [0.05, 0.1) is 19.2 Å². The van der Waals surface area contributed by atoms with Gasteiger partial charge in [0.2, 0.25) is 5.91 Å². The summed E-state index contributed by atoms with van der Waals surface area (Å²) in [7, 11) is 1.31. The Morgan fingerprint density at radius 2 is 2.12 bits per heavy atom. The first-order valence-electron chi connectivity index (χ1n) is 4.94. The predicted octanol–water partition coefficient (Wildman–Crippen LogP) is 0.469. The lowest BCUT2D eigenvalue weighted by Crippen LogP contribution is -2.42. The van der Waals surface area contributed by atoms with Crippen molar-refractivity contribution in [2.45, 2.75) is 12.5 Å². The zero-order valence-corrected chi connectivity index (χ0v) is 8.84. The molecule has 0 bridgehead atoms. The number of hydrogen-bond acceptors (Lipinski definition) is 4. The second-order valence-corrected chi connectivity index (χ2v) is 3.48. The average molecular weight is 220 g/mol. The Bertz CT molecular complexity index is 405. The van der Waals surface area contributed by atoms with Crippen LogP contribution in [-0.4, -0.2) is 25.0 Å². The number of hydrogen-bond donors (Lipinski definition) is 1. The number of para-hydroxylation sites is 1. The SMILES string of the molecule is COC(=O)C1CC(=O)NN1c1ccccc1. The van der Waals surface area contributed by atoms with E-state index in [9.17, 15) is 9.59 Å². The Kier molecular flexibility index (Phi) is 2.76. The Balaban J connectivity index is 2.26. The molecule has 1 heterocycles. The largest absolute Gasteiger partial charge is 0.467 e. The first-order valence-corrected chi connectivity index (χ1v) is 4.94. The van der Waals surface area contributed by atoms with Crippen molar-refractivity contribution in [3.63, 3.8) is 0 Å². The van der Waals surface area contributed by atoms with Crippen LogP contribution >= 0.6 is 0 Å². The molecule has 0 aliphatic carbocycles. The van der Waals surface area contributed by atoms with Gasteiger partial charge in [-0.2, -0.15) is 0 Å². The van der Waals surface area contributed by atoms with Crippen molar-refractivity contribution in [2.24, 2.45) is 0 Å². The molecule has 0 spiro atoms. The maximum atomic E-state index is 11.5. The molecule has 1 unspecified atom stereocenters. The zero-order chi connectivity index (χ0) is 11.5. The normalized spacial score (nSPS) is 19.4. The quantitative estimate of drug-likeness (QED) is 0.736. The molecule has 5 nitrogen and oxygen atoms in total. The molecule has 1 aliphatic heterocycles. The van der Waals surface area contributed by atoms with E-state index in [2.05, 4.69) is 10.2 Å². The highest BCUT2D eigenvalue weighted by Gasteiger charge is 2.36. The van der Waals surface area contributed by atoms with Gasteiger partial charge >= 0.3 is 5.97 Å². The third-order valence-corrected chi connectivity index (χ3v) is 2.44. The fraction of sp³-hybridized carbons (Fsp3) is 0.273. The number of benzene rings is 1. The van der Waals surface area contributed by atoms with Crippen LogP contribution < -0.4 is 10.4 Å². The van der Waals surface area contributed by atoms with Crippen molar-refractivity contribution in [2.75, 3.05) is 12.1 Å². The summed E-state index contributed by atoms with van der Waals surface area (Å²) in [5.74, 6) is -0.596. The maximum Gasteiger partial charge on any atom is 0.331 e. The maximum absolute atomic E-state index is 11.5. The summed E-state index contributed by atoms with van der Waals surface area (Å²) in [6.45, 7) is 0. The first-order chi connectivity index (χ1) is 7.72. The van der Waals surface area contributed by atoms with Crippen molar-refractivity contribution in [3.05, 3.63) is 30.3 Å². The van der Waals surface area contributed by atoms with Crippen LogP contribution in [0.3, 0.4) is 0 Å². The monoisotopic (exact) mass is 220 g/mol. The molecule has 1 aliphatic rings. The number of anilines is 1. The lowest BCUT2D eigenvalue weighted by atomic mass is 10.2. The van der Waals surface area contributed by atoms with Gasteiger partial charge in [-0.15, -0.1) is 0 Å². The number of nitrogens with one attached hydrogen (secondary N) is 1. The molecule has 1 amide bonds. The molecule has 0 saturated carbocycles. The van der Waals surface area contributed by atoms with Gasteiger partial charge in [-0.1, -0.05) is 18.2 Å². The van der Waals surface area contributed by atoms with E-state index in [0.29, 0.717) is 0 Å². The lowest BCUT2D eigenvalue weighted by molar-refractivity contribution is -0.142. The summed E-state index contributed by atoms with van der Waals surface area (Å²) in [5, 5.41) is 1.54. The Hall–Kier alpha value is -2.04. The predicted molar refractivity (Wildman–Crippen MR) is 57.5 cm³/mol. The number of hydrazine groups is 1. The van der Waals surface area contributed by atoms with Gasteiger partial charge in [0.25, 0.3) is 0 Å². The van der Waals surface area contributed by atoms with Crippen LogP contribution in [-0.2, 0) is 14.3 Å². The minimum atomic E-state index is -0.583. The van der Waals surface area contributed by atoms with Crippen LogP contribution in [0.4, 0.5) is 5.69 Å². The highest BCUT2D eigenvalue weighted by molar-refractivity contribution is 5.93. The minimum absolute atomic E-state index is 0.127. The van der Waals surface area contributed by atoms with E-state index in [1.807, 2.05) is 30.3 Å². The molecule has 1 atom stereocenters. The van der Waals surface area contributed by atoms with E-state index < -0.39 is 12.0 Å². The average Bonchev–Trinajstić information content (AvgIpc) is 2.71. The van der Waals surface area contributed by atoms with E-state index in [-0.39, 0.29) is 12.3 Å². The number of methoxy groups -OCH3 is 1. The van der Waals surface area contributed by atoms with Crippen molar-refractivity contribution in [1.82, 2.24) is 5.43 Å². The van der Waals surface area contributed by atoms with E-state index >= 15 is 0 Å². The van der Waals surface area contributed by atoms with E-state index in [0.717, 1.165) is 5.69 Å². The summed E-state index contributed by atoms with van der Waals surface area (Å²) in [6.07, 6.45) is 0.127. The van der Waals surface area contributed by atoms with Crippen LogP contribution in [0.25, 0.3) is 0 Å². The minimum Gasteiger partial charge on any atom is -0.467 e. The Labute approximate surface area is 93.0 Å². The van der Waals surface area contributed by atoms with Gasteiger partial charge in [-0.25, -0.2) is 4.79 Å². The molecule has 0 aromatic heterocycles. The molecule has 1 fully saturated rings. The second kappa shape index (κ2) is 4.22. The number of carbonyl (C=O) groups is 2. The molecule has 1 aromatic carbocycles. The van der Waals surface area contributed by atoms with Gasteiger partial charge in [0, 0.05) is 0 Å². The van der Waals surface area contributed by atoms with Gasteiger partial charge in [-0.05, 0) is 12.1 Å². The number of amides is 1. The molecular formula is C11H12N2O3. The van der Waals surface area contributed by atoms with E-state index in [1.165, 1.54) is 12.1 Å². The van der Waals surface area contributed by atoms with Crippen molar-refractivity contribution >= 4 is 17.6 Å². The van der Waals surface area contributed by atoms with Crippen molar-refractivity contribution in [1.29, 1.82) is 0 Å². The van der Waals surface area contributed by atoms with Gasteiger partial charge < -0.3 is 4.74 Å². The first kappa shape index (κ1) is 10.5. The summed E-state index contributed by atoms with van der Waals surface area (Å²) in [4.78, 5) is 22.8. The van der Waals surface area contributed by atoms with E-state index in [4.69, 9.17) is 0 Å². The molecule has 0 radical (unpaired) electrons. The zero-order valence-electron chi connectivity index (χ0n) is 8.84.